The van der Waals surface area contributed by atoms with E-state index in [2.05, 4.69) is 19.7 Å². The highest BCUT2D eigenvalue weighted by Crippen LogP contribution is 2.09. The molecule has 1 aromatic rings. The second-order valence-corrected chi connectivity index (χ2v) is 3.06. The van der Waals surface area contributed by atoms with E-state index in [0.29, 0.717) is 5.56 Å². The quantitative estimate of drug-likeness (QED) is 0.714. The van der Waals surface area contributed by atoms with Crippen LogP contribution in [0, 0.1) is 0 Å². The van der Waals surface area contributed by atoms with E-state index in [1.165, 1.54) is 20.3 Å². The number of aliphatic hydroxyl groups excluding tert-OH is 1. The van der Waals surface area contributed by atoms with Gasteiger partial charge in [0, 0.05) is 6.61 Å². The summed E-state index contributed by atoms with van der Waals surface area (Å²) < 4.78 is 8.99. The third-order valence-electron chi connectivity index (χ3n) is 2.03. The first kappa shape index (κ1) is 13.0. The van der Waals surface area contributed by atoms with Crippen LogP contribution in [0.2, 0.25) is 0 Å². The molecule has 17 heavy (non-hydrogen) atoms. The highest BCUT2D eigenvalue weighted by Gasteiger charge is 2.18. The lowest BCUT2D eigenvalue weighted by Crippen LogP contribution is -2.15. The minimum atomic E-state index is -0.669. The lowest BCUT2D eigenvalue weighted by Gasteiger charge is -2.06. The summed E-state index contributed by atoms with van der Waals surface area (Å²) in [5.41, 5.74) is 0.340. The molecule has 0 amide bonds. The summed E-state index contributed by atoms with van der Waals surface area (Å²) in [6.07, 6.45) is 0.171. The van der Waals surface area contributed by atoms with Crippen LogP contribution < -0.4 is 0 Å². The molecule has 0 aliphatic rings. The van der Waals surface area contributed by atoms with Gasteiger partial charge in [-0.05, 0) is 18.1 Å². The number of carbonyl (C=O) groups excluding carboxylic acids is 2. The minimum absolute atomic E-state index is 0.0193. The molecule has 7 nitrogen and oxygen atoms in total. The molecule has 0 saturated carbocycles. The minimum Gasteiger partial charge on any atom is -0.464 e. The van der Waals surface area contributed by atoms with Crippen molar-refractivity contribution in [3.63, 3.8) is 0 Å². The van der Waals surface area contributed by atoms with Crippen LogP contribution in [0.25, 0.3) is 0 Å². The standard InChI is InChI=1S/C10H12N2O5/c1-16-9(14)7-5-6(3-4-13)8(12-11-7)10(15)17-2/h5,13H,3-4H2,1-2H3. The lowest BCUT2D eigenvalue weighted by atomic mass is 10.1. The number of ether oxygens (including phenoxy) is 2. The molecule has 0 unspecified atom stereocenters. The molecular formula is C10H12N2O5. The third-order valence-corrected chi connectivity index (χ3v) is 2.03. The predicted octanol–water partition coefficient (Wildman–Crippen LogP) is -0.415. The zero-order chi connectivity index (χ0) is 12.8. The lowest BCUT2D eigenvalue weighted by molar-refractivity contribution is 0.0572. The van der Waals surface area contributed by atoms with Crippen LogP contribution in [0.1, 0.15) is 26.5 Å². The van der Waals surface area contributed by atoms with Gasteiger partial charge in [-0.3, -0.25) is 0 Å². The van der Waals surface area contributed by atoms with Gasteiger partial charge >= 0.3 is 11.9 Å². The van der Waals surface area contributed by atoms with Crippen LogP contribution in [-0.2, 0) is 15.9 Å². The molecule has 0 fully saturated rings. The molecule has 0 aliphatic carbocycles. The summed E-state index contributed by atoms with van der Waals surface area (Å²) in [6.45, 7) is -0.184. The molecular weight excluding hydrogens is 228 g/mol. The molecule has 92 valence electrons. The first-order valence-electron chi connectivity index (χ1n) is 4.78. The molecule has 0 spiro atoms. The molecule has 0 aromatic carbocycles. The smallest absolute Gasteiger partial charge is 0.358 e. The molecule has 0 aliphatic heterocycles. The Kier molecular flexibility index (Phi) is 4.53. The molecule has 1 heterocycles. The van der Waals surface area contributed by atoms with E-state index in [9.17, 15) is 9.59 Å². The number of methoxy groups -OCH3 is 2. The van der Waals surface area contributed by atoms with Crippen molar-refractivity contribution < 1.29 is 24.2 Å². The number of nitrogens with zero attached hydrogens (tertiary/aromatic N) is 2. The van der Waals surface area contributed by atoms with Crippen LogP contribution in [-0.4, -0.2) is 48.1 Å². The maximum Gasteiger partial charge on any atom is 0.358 e. The van der Waals surface area contributed by atoms with Gasteiger partial charge in [0.05, 0.1) is 14.2 Å². The van der Waals surface area contributed by atoms with Gasteiger partial charge in [-0.25, -0.2) is 9.59 Å². The highest BCUT2D eigenvalue weighted by atomic mass is 16.5. The van der Waals surface area contributed by atoms with Crippen molar-refractivity contribution in [2.45, 2.75) is 6.42 Å². The van der Waals surface area contributed by atoms with Crippen LogP contribution in [0.5, 0.6) is 0 Å². The Morgan fingerprint density at radius 2 is 1.88 bits per heavy atom. The van der Waals surface area contributed by atoms with Crippen LogP contribution in [0.15, 0.2) is 6.07 Å². The zero-order valence-electron chi connectivity index (χ0n) is 9.47. The molecule has 0 radical (unpaired) electrons. The third kappa shape index (κ3) is 2.97. The van der Waals surface area contributed by atoms with E-state index in [1.54, 1.807) is 0 Å². The molecule has 1 rings (SSSR count). The monoisotopic (exact) mass is 240 g/mol. The Hall–Kier alpha value is -2.02. The topological polar surface area (TPSA) is 98.6 Å². The first-order valence-corrected chi connectivity index (χ1v) is 4.78. The second-order valence-electron chi connectivity index (χ2n) is 3.06. The van der Waals surface area contributed by atoms with Gasteiger partial charge in [0.15, 0.2) is 11.4 Å². The fraction of sp³-hybridized carbons (Fsp3) is 0.400. The fourth-order valence-corrected chi connectivity index (χ4v) is 1.21. The average molecular weight is 240 g/mol. The molecule has 0 bridgehead atoms. The van der Waals surface area contributed by atoms with Crippen molar-refractivity contribution in [1.29, 1.82) is 0 Å². The first-order chi connectivity index (χ1) is 8.13. The fourth-order valence-electron chi connectivity index (χ4n) is 1.21. The number of aliphatic hydroxyl groups is 1. The van der Waals surface area contributed by atoms with Gasteiger partial charge < -0.3 is 14.6 Å². The van der Waals surface area contributed by atoms with Gasteiger partial charge in [0.25, 0.3) is 0 Å². The van der Waals surface area contributed by atoms with E-state index < -0.39 is 11.9 Å². The summed E-state index contributed by atoms with van der Waals surface area (Å²) >= 11 is 0. The average Bonchev–Trinajstić information content (AvgIpc) is 2.37. The van der Waals surface area contributed by atoms with E-state index in [4.69, 9.17) is 5.11 Å². The molecule has 0 saturated heterocycles. The summed E-state index contributed by atoms with van der Waals surface area (Å²) in [5, 5.41) is 16.0. The maximum absolute atomic E-state index is 11.3. The van der Waals surface area contributed by atoms with Gasteiger partial charge in [-0.1, -0.05) is 0 Å². The number of carbonyl (C=O) groups is 2. The summed E-state index contributed by atoms with van der Waals surface area (Å²) in [6, 6.07) is 1.35. The van der Waals surface area contributed by atoms with Crippen molar-refractivity contribution in [2.24, 2.45) is 0 Å². The number of hydrogen-bond acceptors (Lipinski definition) is 7. The van der Waals surface area contributed by atoms with Crippen molar-refractivity contribution in [2.75, 3.05) is 20.8 Å². The molecule has 1 aromatic heterocycles. The highest BCUT2D eigenvalue weighted by molar-refractivity contribution is 5.91. The van der Waals surface area contributed by atoms with Crippen LogP contribution in [0.3, 0.4) is 0 Å². The SMILES string of the molecule is COC(=O)c1cc(CCO)c(C(=O)OC)nn1. The van der Waals surface area contributed by atoms with Crippen molar-refractivity contribution in [1.82, 2.24) is 10.2 Å². The number of aromatic nitrogens is 2. The van der Waals surface area contributed by atoms with E-state index >= 15 is 0 Å². The Labute approximate surface area is 97.4 Å². The number of hydrogen-bond donors (Lipinski definition) is 1. The van der Waals surface area contributed by atoms with Gasteiger partial charge in [0.2, 0.25) is 0 Å². The Morgan fingerprint density at radius 1 is 1.24 bits per heavy atom. The van der Waals surface area contributed by atoms with E-state index in [1.807, 2.05) is 0 Å². The summed E-state index contributed by atoms with van der Waals surface area (Å²) in [5.74, 6) is -1.33. The summed E-state index contributed by atoms with van der Waals surface area (Å²) in [4.78, 5) is 22.6. The van der Waals surface area contributed by atoms with Gasteiger partial charge in [-0.15, -0.1) is 10.2 Å². The summed E-state index contributed by atoms with van der Waals surface area (Å²) in [7, 11) is 2.42. The van der Waals surface area contributed by atoms with Gasteiger partial charge in [-0.2, -0.15) is 0 Å². The van der Waals surface area contributed by atoms with E-state index in [-0.39, 0.29) is 24.4 Å². The van der Waals surface area contributed by atoms with Gasteiger partial charge in [0.1, 0.15) is 0 Å². The van der Waals surface area contributed by atoms with Crippen molar-refractivity contribution in [3.05, 3.63) is 23.0 Å². The predicted molar refractivity (Wildman–Crippen MR) is 55.5 cm³/mol. The normalized spacial score (nSPS) is 9.82. The van der Waals surface area contributed by atoms with Crippen molar-refractivity contribution in [3.8, 4) is 0 Å². The zero-order valence-corrected chi connectivity index (χ0v) is 9.47. The largest absolute Gasteiger partial charge is 0.464 e. The Morgan fingerprint density at radius 3 is 2.41 bits per heavy atom. The second kappa shape index (κ2) is 5.90. The Bertz CT molecular complexity index is 433. The number of rotatable bonds is 4. The van der Waals surface area contributed by atoms with Crippen LogP contribution >= 0.6 is 0 Å². The maximum atomic E-state index is 11.3. The molecule has 0 atom stereocenters. The van der Waals surface area contributed by atoms with E-state index in [0.717, 1.165) is 0 Å². The Balaban J connectivity index is 3.16. The van der Waals surface area contributed by atoms with Crippen molar-refractivity contribution >= 4 is 11.9 Å². The molecule has 1 N–H and O–H groups in total. The van der Waals surface area contributed by atoms with Crippen LogP contribution in [0.4, 0.5) is 0 Å². The molecule has 7 heteroatoms. The number of esters is 2.